The average Bonchev–Trinajstić information content (AvgIpc) is 3.46. The zero-order chi connectivity index (χ0) is 21.8. The first kappa shape index (κ1) is 21.4. The van der Waals surface area contributed by atoms with Crippen molar-refractivity contribution in [2.75, 3.05) is 24.2 Å². The van der Waals surface area contributed by atoms with E-state index in [1.807, 2.05) is 24.0 Å². The zero-order valence-electron chi connectivity index (χ0n) is 16.9. The molecule has 2 aromatic carbocycles. The number of aromatic nitrogens is 2. The molecule has 31 heavy (non-hydrogen) atoms. The van der Waals surface area contributed by atoms with Gasteiger partial charge in [0.2, 0.25) is 11.8 Å². The van der Waals surface area contributed by atoms with Crippen molar-refractivity contribution < 1.29 is 14.0 Å². The molecule has 1 aliphatic heterocycles. The van der Waals surface area contributed by atoms with Crippen molar-refractivity contribution in [3.8, 4) is 11.5 Å². The summed E-state index contributed by atoms with van der Waals surface area (Å²) in [5.41, 5.74) is 2.66. The van der Waals surface area contributed by atoms with Crippen molar-refractivity contribution in [1.29, 1.82) is 0 Å². The molecule has 0 radical (unpaired) electrons. The van der Waals surface area contributed by atoms with E-state index >= 15 is 0 Å². The SMILES string of the molecule is Cc1cccc(C(=O)N2CCCC2)c1NC(=O)CSc1nnc(-c2ccc(Cl)cc2)o1. The molecular formula is C22H21ClN4O3S. The molecular weight excluding hydrogens is 436 g/mol. The molecule has 0 unspecified atom stereocenters. The first-order valence-electron chi connectivity index (χ1n) is 9.92. The van der Waals surface area contributed by atoms with Crippen molar-refractivity contribution in [3.05, 3.63) is 58.6 Å². The number of thioether (sulfide) groups is 1. The quantitative estimate of drug-likeness (QED) is 0.542. The summed E-state index contributed by atoms with van der Waals surface area (Å²) in [5, 5.41) is 11.8. The summed E-state index contributed by atoms with van der Waals surface area (Å²) in [7, 11) is 0. The lowest BCUT2D eigenvalue weighted by atomic mass is 10.1. The van der Waals surface area contributed by atoms with Crippen LogP contribution in [0, 0.1) is 6.92 Å². The van der Waals surface area contributed by atoms with E-state index in [0.717, 1.165) is 48.8 Å². The Morgan fingerprint density at radius 2 is 1.87 bits per heavy atom. The monoisotopic (exact) mass is 456 g/mol. The molecule has 3 aromatic rings. The van der Waals surface area contributed by atoms with E-state index in [1.165, 1.54) is 0 Å². The molecule has 1 saturated heterocycles. The molecule has 1 aliphatic rings. The Bertz CT molecular complexity index is 1090. The molecule has 0 spiro atoms. The second-order valence-corrected chi connectivity index (χ2v) is 8.58. The van der Waals surface area contributed by atoms with Gasteiger partial charge in [-0.15, -0.1) is 10.2 Å². The van der Waals surface area contributed by atoms with E-state index in [4.69, 9.17) is 16.0 Å². The molecule has 1 N–H and O–H groups in total. The fraction of sp³-hybridized carbons (Fsp3) is 0.273. The maximum atomic E-state index is 12.9. The van der Waals surface area contributed by atoms with Crippen molar-refractivity contribution >= 4 is 40.9 Å². The number of likely N-dealkylation sites (tertiary alicyclic amines) is 1. The second kappa shape index (κ2) is 9.53. The summed E-state index contributed by atoms with van der Waals surface area (Å²) >= 11 is 7.03. The van der Waals surface area contributed by atoms with Crippen molar-refractivity contribution in [3.63, 3.8) is 0 Å². The van der Waals surface area contributed by atoms with Crippen LogP contribution in [0.25, 0.3) is 11.5 Å². The summed E-state index contributed by atoms with van der Waals surface area (Å²) < 4.78 is 5.62. The molecule has 0 bridgehead atoms. The number of benzene rings is 2. The van der Waals surface area contributed by atoms with Crippen LogP contribution in [0.1, 0.15) is 28.8 Å². The Hall–Kier alpha value is -2.84. The van der Waals surface area contributed by atoms with E-state index in [-0.39, 0.29) is 17.6 Å². The third kappa shape index (κ3) is 5.08. The van der Waals surface area contributed by atoms with E-state index in [9.17, 15) is 9.59 Å². The van der Waals surface area contributed by atoms with E-state index in [0.29, 0.717) is 27.4 Å². The molecule has 160 valence electrons. The molecule has 0 saturated carbocycles. The lowest BCUT2D eigenvalue weighted by molar-refractivity contribution is -0.113. The fourth-order valence-corrected chi connectivity index (χ4v) is 4.07. The maximum absolute atomic E-state index is 12.9. The van der Waals surface area contributed by atoms with Crippen LogP contribution in [0.15, 0.2) is 52.1 Å². The highest BCUT2D eigenvalue weighted by molar-refractivity contribution is 7.99. The van der Waals surface area contributed by atoms with Crippen LogP contribution in [0.5, 0.6) is 0 Å². The third-order valence-corrected chi connectivity index (χ3v) is 6.06. The average molecular weight is 457 g/mol. The van der Waals surface area contributed by atoms with Gasteiger partial charge in [0.1, 0.15) is 0 Å². The van der Waals surface area contributed by atoms with Crippen molar-refractivity contribution in [1.82, 2.24) is 15.1 Å². The molecule has 9 heteroatoms. The van der Waals surface area contributed by atoms with Crippen LogP contribution >= 0.6 is 23.4 Å². The Morgan fingerprint density at radius 1 is 1.13 bits per heavy atom. The number of nitrogens with one attached hydrogen (secondary N) is 1. The van der Waals surface area contributed by atoms with Gasteiger partial charge in [0.15, 0.2) is 0 Å². The van der Waals surface area contributed by atoms with E-state index in [1.54, 1.807) is 30.3 Å². The number of hydrogen-bond donors (Lipinski definition) is 1. The van der Waals surface area contributed by atoms with Gasteiger partial charge in [-0.05, 0) is 55.7 Å². The van der Waals surface area contributed by atoms with Crippen molar-refractivity contribution in [2.24, 2.45) is 0 Å². The van der Waals surface area contributed by atoms with E-state index < -0.39 is 0 Å². The Morgan fingerprint density at radius 3 is 2.61 bits per heavy atom. The normalized spacial score (nSPS) is 13.4. The van der Waals surface area contributed by atoms with Gasteiger partial charge >= 0.3 is 0 Å². The van der Waals surface area contributed by atoms with Gasteiger partial charge in [0.25, 0.3) is 11.1 Å². The van der Waals surface area contributed by atoms with Gasteiger partial charge in [-0.25, -0.2) is 0 Å². The minimum atomic E-state index is -0.249. The number of hydrogen-bond acceptors (Lipinski definition) is 6. The summed E-state index contributed by atoms with van der Waals surface area (Å²) in [6.45, 7) is 3.38. The summed E-state index contributed by atoms with van der Waals surface area (Å²) in [6, 6.07) is 12.5. The first-order chi connectivity index (χ1) is 15.0. The standard InChI is InChI=1S/C22H21ClN4O3S/c1-14-5-4-6-17(21(29)27-11-2-3-12-27)19(14)24-18(28)13-31-22-26-25-20(30-22)15-7-9-16(23)10-8-15/h4-10H,2-3,11-13H2,1H3,(H,24,28). The number of aryl methyl sites for hydroxylation is 1. The van der Waals surface area contributed by atoms with Crippen LogP contribution in [-0.4, -0.2) is 45.8 Å². The number of rotatable bonds is 6. The van der Waals surface area contributed by atoms with Crippen LogP contribution in [0.4, 0.5) is 5.69 Å². The fourth-order valence-electron chi connectivity index (χ4n) is 3.38. The smallest absolute Gasteiger partial charge is 0.277 e. The number of anilines is 1. The maximum Gasteiger partial charge on any atom is 0.277 e. The molecule has 2 heterocycles. The van der Waals surface area contributed by atoms with Gasteiger partial charge in [-0.1, -0.05) is 35.5 Å². The second-order valence-electron chi connectivity index (χ2n) is 7.21. The molecule has 1 fully saturated rings. The first-order valence-corrected chi connectivity index (χ1v) is 11.3. The minimum Gasteiger partial charge on any atom is -0.411 e. The van der Waals surface area contributed by atoms with Crippen LogP contribution in [-0.2, 0) is 4.79 Å². The molecule has 0 atom stereocenters. The van der Waals surface area contributed by atoms with Crippen LogP contribution < -0.4 is 5.32 Å². The summed E-state index contributed by atoms with van der Waals surface area (Å²) in [6.07, 6.45) is 2.02. The third-order valence-electron chi connectivity index (χ3n) is 4.99. The number of carbonyl (C=O) groups excluding carboxylic acids is 2. The minimum absolute atomic E-state index is 0.0475. The molecule has 4 rings (SSSR count). The number of para-hydroxylation sites is 1. The Kier molecular flexibility index (Phi) is 6.58. The molecule has 7 nitrogen and oxygen atoms in total. The van der Waals surface area contributed by atoms with Gasteiger partial charge < -0.3 is 14.6 Å². The van der Waals surface area contributed by atoms with Gasteiger partial charge in [0, 0.05) is 23.7 Å². The highest BCUT2D eigenvalue weighted by atomic mass is 35.5. The highest BCUT2D eigenvalue weighted by Crippen LogP contribution is 2.26. The summed E-state index contributed by atoms with van der Waals surface area (Å²) in [4.78, 5) is 27.3. The predicted molar refractivity (Wildman–Crippen MR) is 120 cm³/mol. The summed E-state index contributed by atoms with van der Waals surface area (Å²) in [5.74, 6) is 0.139. The van der Waals surface area contributed by atoms with Gasteiger partial charge in [-0.2, -0.15) is 0 Å². The number of carbonyl (C=O) groups is 2. The highest BCUT2D eigenvalue weighted by Gasteiger charge is 2.23. The number of nitrogens with zero attached hydrogens (tertiary/aromatic N) is 3. The number of amides is 2. The number of halogens is 1. The lowest BCUT2D eigenvalue weighted by Gasteiger charge is -2.19. The molecule has 2 amide bonds. The largest absolute Gasteiger partial charge is 0.411 e. The Labute approximate surface area is 189 Å². The Balaban J connectivity index is 1.40. The molecule has 1 aromatic heterocycles. The topological polar surface area (TPSA) is 88.3 Å². The molecule has 0 aliphatic carbocycles. The van der Waals surface area contributed by atoms with Crippen LogP contribution in [0.2, 0.25) is 5.02 Å². The van der Waals surface area contributed by atoms with E-state index in [2.05, 4.69) is 15.5 Å². The van der Waals surface area contributed by atoms with Crippen molar-refractivity contribution in [2.45, 2.75) is 25.0 Å². The van der Waals surface area contributed by atoms with Crippen LogP contribution in [0.3, 0.4) is 0 Å². The van der Waals surface area contributed by atoms with Gasteiger partial charge in [-0.3, -0.25) is 9.59 Å². The zero-order valence-corrected chi connectivity index (χ0v) is 18.5. The predicted octanol–water partition coefficient (Wildman–Crippen LogP) is 4.67. The lowest BCUT2D eigenvalue weighted by Crippen LogP contribution is -2.29. The van der Waals surface area contributed by atoms with Gasteiger partial charge in [0.05, 0.1) is 17.0 Å².